The van der Waals surface area contributed by atoms with E-state index in [0.29, 0.717) is 0 Å². The number of H-pyrrole nitrogens is 1. The van der Waals surface area contributed by atoms with Gasteiger partial charge in [0.2, 0.25) is 0 Å². The third-order valence-electron chi connectivity index (χ3n) is 1.18. The Hall–Kier alpha value is -0.850. The standard InChI is InChI=1S/C6H4BrF3N2O/c7-3-2-11-4(12-5(3)13)1-6(8,9)10/h2H,1H2,(H,11,12,13). The van der Waals surface area contributed by atoms with Gasteiger partial charge in [-0.05, 0) is 15.9 Å². The summed E-state index contributed by atoms with van der Waals surface area (Å²) in [5, 5.41) is 0. The minimum absolute atomic E-state index is 0.110. The Morgan fingerprint density at radius 3 is 2.62 bits per heavy atom. The van der Waals surface area contributed by atoms with Gasteiger partial charge in [-0.2, -0.15) is 13.2 Å². The van der Waals surface area contributed by atoms with Gasteiger partial charge in [-0.25, -0.2) is 4.98 Å². The van der Waals surface area contributed by atoms with Crippen molar-refractivity contribution >= 4 is 15.9 Å². The molecule has 0 bridgehead atoms. The van der Waals surface area contributed by atoms with Crippen LogP contribution in [0.4, 0.5) is 13.2 Å². The minimum atomic E-state index is -4.36. The highest BCUT2D eigenvalue weighted by molar-refractivity contribution is 9.10. The summed E-state index contributed by atoms with van der Waals surface area (Å²) >= 11 is 2.82. The van der Waals surface area contributed by atoms with Crippen LogP contribution in [0.25, 0.3) is 0 Å². The first-order valence-electron chi connectivity index (χ1n) is 3.19. The maximum atomic E-state index is 11.8. The Morgan fingerprint density at radius 2 is 2.15 bits per heavy atom. The van der Waals surface area contributed by atoms with Crippen molar-refractivity contribution in [3.8, 4) is 0 Å². The molecule has 0 unspecified atom stereocenters. The maximum absolute atomic E-state index is 11.8. The van der Waals surface area contributed by atoms with Crippen molar-refractivity contribution in [3.05, 3.63) is 26.8 Å². The summed E-state index contributed by atoms with van der Waals surface area (Å²) < 4.78 is 35.5. The molecule has 0 radical (unpaired) electrons. The fourth-order valence-corrected chi connectivity index (χ4v) is 0.897. The van der Waals surface area contributed by atoms with E-state index in [4.69, 9.17) is 0 Å². The van der Waals surface area contributed by atoms with E-state index in [-0.39, 0.29) is 10.3 Å². The van der Waals surface area contributed by atoms with Crippen molar-refractivity contribution in [1.29, 1.82) is 0 Å². The summed E-state index contributed by atoms with van der Waals surface area (Å²) in [6, 6.07) is 0. The van der Waals surface area contributed by atoms with E-state index in [1.165, 1.54) is 0 Å². The van der Waals surface area contributed by atoms with Gasteiger partial charge in [-0.15, -0.1) is 0 Å². The van der Waals surface area contributed by atoms with Crippen molar-refractivity contribution in [1.82, 2.24) is 9.97 Å². The Kier molecular flexibility index (Phi) is 2.74. The first-order valence-corrected chi connectivity index (χ1v) is 3.98. The maximum Gasteiger partial charge on any atom is 0.396 e. The van der Waals surface area contributed by atoms with Crippen molar-refractivity contribution in [2.75, 3.05) is 0 Å². The molecule has 1 aromatic rings. The van der Waals surface area contributed by atoms with Crippen LogP contribution in [-0.2, 0) is 6.42 Å². The van der Waals surface area contributed by atoms with E-state index in [1.54, 1.807) is 0 Å². The number of nitrogens with one attached hydrogen (secondary N) is 1. The topological polar surface area (TPSA) is 45.8 Å². The SMILES string of the molecule is O=c1[nH]c(CC(F)(F)F)ncc1Br. The average Bonchev–Trinajstić information content (AvgIpc) is 1.94. The zero-order valence-electron chi connectivity index (χ0n) is 6.15. The Labute approximate surface area is 79.1 Å². The number of nitrogens with zero attached hydrogens (tertiary/aromatic N) is 1. The normalized spacial score (nSPS) is 11.7. The third-order valence-corrected chi connectivity index (χ3v) is 1.74. The summed E-state index contributed by atoms with van der Waals surface area (Å²) in [5.74, 6) is -0.388. The van der Waals surface area contributed by atoms with E-state index < -0.39 is 18.2 Å². The molecular formula is C6H4BrF3N2O. The number of hydrogen-bond acceptors (Lipinski definition) is 2. The number of aromatic amines is 1. The summed E-state index contributed by atoms with van der Waals surface area (Å²) in [7, 11) is 0. The van der Waals surface area contributed by atoms with Gasteiger partial charge >= 0.3 is 6.18 Å². The van der Waals surface area contributed by atoms with Crippen LogP contribution in [0.5, 0.6) is 0 Å². The van der Waals surface area contributed by atoms with Gasteiger partial charge in [0.1, 0.15) is 16.7 Å². The molecule has 13 heavy (non-hydrogen) atoms. The molecule has 1 rings (SSSR count). The van der Waals surface area contributed by atoms with Gasteiger partial charge in [0.15, 0.2) is 0 Å². The zero-order valence-corrected chi connectivity index (χ0v) is 7.74. The highest BCUT2D eigenvalue weighted by Gasteiger charge is 2.28. The van der Waals surface area contributed by atoms with Crippen LogP contribution in [0.3, 0.4) is 0 Å². The number of aromatic nitrogens is 2. The van der Waals surface area contributed by atoms with Crippen LogP contribution in [0, 0.1) is 0 Å². The summed E-state index contributed by atoms with van der Waals surface area (Å²) in [5.41, 5.74) is -0.616. The molecular weight excluding hydrogens is 253 g/mol. The smallest absolute Gasteiger partial charge is 0.309 e. The van der Waals surface area contributed by atoms with Crippen LogP contribution in [-0.4, -0.2) is 16.1 Å². The van der Waals surface area contributed by atoms with Crippen molar-refractivity contribution in [2.45, 2.75) is 12.6 Å². The van der Waals surface area contributed by atoms with E-state index in [1.807, 2.05) is 4.98 Å². The number of hydrogen-bond donors (Lipinski definition) is 1. The molecule has 0 saturated heterocycles. The van der Waals surface area contributed by atoms with E-state index in [2.05, 4.69) is 20.9 Å². The van der Waals surface area contributed by atoms with E-state index in [9.17, 15) is 18.0 Å². The van der Waals surface area contributed by atoms with Crippen molar-refractivity contribution < 1.29 is 13.2 Å². The van der Waals surface area contributed by atoms with Gasteiger partial charge in [-0.1, -0.05) is 0 Å². The molecule has 0 fully saturated rings. The van der Waals surface area contributed by atoms with Gasteiger partial charge < -0.3 is 4.98 Å². The second-order valence-electron chi connectivity index (χ2n) is 2.30. The predicted octanol–water partition coefficient (Wildman–Crippen LogP) is 1.64. The Morgan fingerprint density at radius 1 is 1.54 bits per heavy atom. The Bertz CT molecular complexity index is 360. The highest BCUT2D eigenvalue weighted by Crippen LogP contribution is 2.18. The van der Waals surface area contributed by atoms with Crippen LogP contribution >= 0.6 is 15.9 Å². The van der Waals surface area contributed by atoms with E-state index in [0.717, 1.165) is 6.20 Å². The van der Waals surface area contributed by atoms with Crippen LogP contribution in [0.15, 0.2) is 15.5 Å². The molecule has 1 N–H and O–H groups in total. The molecule has 0 aliphatic heterocycles. The zero-order chi connectivity index (χ0) is 10.1. The molecule has 0 aliphatic rings. The highest BCUT2D eigenvalue weighted by atomic mass is 79.9. The number of halogens is 4. The van der Waals surface area contributed by atoms with Gasteiger partial charge in [-0.3, -0.25) is 4.79 Å². The summed E-state index contributed by atoms with van der Waals surface area (Å²) in [4.78, 5) is 16.2. The third kappa shape index (κ3) is 3.17. The van der Waals surface area contributed by atoms with Crippen molar-refractivity contribution in [3.63, 3.8) is 0 Å². The molecule has 0 atom stereocenters. The molecule has 72 valence electrons. The number of alkyl halides is 3. The van der Waals surface area contributed by atoms with Crippen LogP contribution in [0.2, 0.25) is 0 Å². The first-order chi connectivity index (χ1) is 5.88. The molecule has 7 heteroatoms. The largest absolute Gasteiger partial charge is 0.396 e. The summed E-state index contributed by atoms with van der Waals surface area (Å²) in [6.45, 7) is 0. The molecule has 0 saturated carbocycles. The minimum Gasteiger partial charge on any atom is -0.309 e. The number of rotatable bonds is 1. The quantitative estimate of drug-likeness (QED) is 0.831. The molecule has 3 nitrogen and oxygen atoms in total. The predicted molar refractivity (Wildman–Crippen MR) is 42.3 cm³/mol. The molecule has 0 spiro atoms. The second kappa shape index (κ2) is 3.49. The lowest BCUT2D eigenvalue weighted by Crippen LogP contribution is -2.18. The van der Waals surface area contributed by atoms with Gasteiger partial charge in [0, 0.05) is 6.20 Å². The molecule has 0 aliphatic carbocycles. The van der Waals surface area contributed by atoms with Crippen LogP contribution < -0.4 is 5.56 Å². The summed E-state index contributed by atoms with van der Waals surface area (Å²) in [6.07, 6.45) is -4.54. The van der Waals surface area contributed by atoms with Crippen molar-refractivity contribution in [2.24, 2.45) is 0 Å². The Balaban J connectivity index is 2.93. The van der Waals surface area contributed by atoms with Gasteiger partial charge in [0.25, 0.3) is 5.56 Å². The molecule has 1 aromatic heterocycles. The fraction of sp³-hybridized carbons (Fsp3) is 0.333. The lowest BCUT2D eigenvalue weighted by atomic mass is 10.4. The second-order valence-corrected chi connectivity index (χ2v) is 3.15. The van der Waals surface area contributed by atoms with Gasteiger partial charge in [0.05, 0.1) is 0 Å². The molecule has 0 amide bonds. The van der Waals surface area contributed by atoms with Crippen LogP contribution in [0.1, 0.15) is 5.82 Å². The lowest BCUT2D eigenvalue weighted by molar-refractivity contribution is -0.128. The molecule has 1 heterocycles. The molecule has 0 aromatic carbocycles. The first kappa shape index (κ1) is 10.2. The van der Waals surface area contributed by atoms with E-state index >= 15 is 0 Å². The lowest BCUT2D eigenvalue weighted by Gasteiger charge is -2.04. The average molecular weight is 257 g/mol. The fourth-order valence-electron chi connectivity index (χ4n) is 0.696. The monoisotopic (exact) mass is 256 g/mol.